The Kier molecular flexibility index (Phi) is 5.48. The van der Waals surface area contributed by atoms with Crippen molar-refractivity contribution < 1.29 is 14.3 Å². The molecule has 0 spiro atoms. The van der Waals surface area contributed by atoms with Gasteiger partial charge < -0.3 is 15.4 Å². The van der Waals surface area contributed by atoms with Gasteiger partial charge in [-0.3, -0.25) is 9.59 Å². The SMILES string of the molecule is CCCC(=O)Nc1nc2ccc(NC(=O)c3ccccc3OC)cc2s1. The number of thiazole rings is 1. The fourth-order valence-electron chi connectivity index (χ4n) is 2.50. The molecule has 0 atom stereocenters. The molecule has 6 nitrogen and oxygen atoms in total. The van der Waals surface area contributed by atoms with Gasteiger partial charge in [0.1, 0.15) is 5.75 Å². The van der Waals surface area contributed by atoms with E-state index in [1.807, 2.05) is 25.1 Å². The topological polar surface area (TPSA) is 80.3 Å². The molecule has 0 unspecified atom stereocenters. The van der Waals surface area contributed by atoms with Gasteiger partial charge in [0.25, 0.3) is 5.91 Å². The van der Waals surface area contributed by atoms with Gasteiger partial charge in [-0.1, -0.05) is 30.4 Å². The molecule has 26 heavy (non-hydrogen) atoms. The maximum atomic E-state index is 12.5. The van der Waals surface area contributed by atoms with Gasteiger partial charge in [0, 0.05) is 12.1 Å². The molecule has 2 aromatic carbocycles. The van der Waals surface area contributed by atoms with Crippen molar-refractivity contribution in [1.82, 2.24) is 4.98 Å². The van der Waals surface area contributed by atoms with Crippen LogP contribution in [0.25, 0.3) is 10.2 Å². The van der Waals surface area contributed by atoms with Gasteiger partial charge in [0.2, 0.25) is 5.91 Å². The lowest BCUT2D eigenvalue weighted by atomic mass is 10.2. The molecule has 0 aliphatic rings. The van der Waals surface area contributed by atoms with Gasteiger partial charge in [0.15, 0.2) is 5.13 Å². The first-order valence-electron chi connectivity index (χ1n) is 8.25. The van der Waals surface area contributed by atoms with E-state index in [0.717, 1.165) is 16.6 Å². The fraction of sp³-hybridized carbons (Fsp3) is 0.211. The van der Waals surface area contributed by atoms with Crippen molar-refractivity contribution >= 4 is 44.2 Å². The van der Waals surface area contributed by atoms with E-state index < -0.39 is 0 Å². The van der Waals surface area contributed by atoms with E-state index in [4.69, 9.17) is 4.74 Å². The van der Waals surface area contributed by atoms with Gasteiger partial charge in [-0.25, -0.2) is 4.98 Å². The highest BCUT2D eigenvalue weighted by molar-refractivity contribution is 7.22. The minimum absolute atomic E-state index is 0.0451. The zero-order valence-corrected chi connectivity index (χ0v) is 15.4. The number of aromatic nitrogens is 1. The summed E-state index contributed by atoms with van der Waals surface area (Å²) in [6.07, 6.45) is 1.26. The number of methoxy groups -OCH3 is 1. The second kappa shape index (κ2) is 7.97. The van der Waals surface area contributed by atoms with Crippen LogP contribution in [0.2, 0.25) is 0 Å². The lowest BCUT2D eigenvalue weighted by Gasteiger charge is -2.09. The predicted molar refractivity (Wildman–Crippen MR) is 104 cm³/mol. The van der Waals surface area contributed by atoms with Crippen molar-refractivity contribution in [3.8, 4) is 5.75 Å². The highest BCUT2D eigenvalue weighted by Gasteiger charge is 2.13. The summed E-state index contributed by atoms with van der Waals surface area (Å²) >= 11 is 1.38. The summed E-state index contributed by atoms with van der Waals surface area (Å²) in [5.41, 5.74) is 1.90. The highest BCUT2D eigenvalue weighted by atomic mass is 32.1. The molecule has 1 heterocycles. The number of rotatable bonds is 6. The van der Waals surface area contributed by atoms with Crippen LogP contribution in [-0.2, 0) is 4.79 Å². The van der Waals surface area contributed by atoms with Crippen molar-refractivity contribution in [3.63, 3.8) is 0 Å². The number of benzene rings is 2. The Morgan fingerprint density at radius 3 is 2.73 bits per heavy atom. The Labute approximate surface area is 155 Å². The second-order valence-corrected chi connectivity index (χ2v) is 6.68. The van der Waals surface area contributed by atoms with Crippen molar-refractivity contribution in [1.29, 1.82) is 0 Å². The number of ether oxygens (including phenoxy) is 1. The number of hydrogen-bond donors (Lipinski definition) is 2. The molecule has 0 bridgehead atoms. The number of para-hydroxylation sites is 1. The van der Waals surface area contributed by atoms with Crippen LogP contribution in [0.5, 0.6) is 5.75 Å². The first-order valence-corrected chi connectivity index (χ1v) is 9.07. The molecule has 0 aliphatic carbocycles. The number of nitrogens with zero attached hydrogens (tertiary/aromatic N) is 1. The summed E-state index contributed by atoms with van der Waals surface area (Å²) in [6.45, 7) is 1.95. The van der Waals surface area contributed by atoms with E-state index in [9.17, 15) is 9.59 Å². The van der Waals surface area contributed by atoms with Crippen LogP contribution in [0, 0.1) is 0 Å². The third-order valence-electron chi connectivity index (χ3n) is 3.72. The Morgan fingerprint density at radius 2 is 1.96 bits per heavy atom. The van der Waals surface area contributed by atoms with Crippen molar-refractivity contribution in [3.05, 3.63) is 48.0 Å². The van der Waals surface area contributed by atoms with E-state index in [1.54, 1.807) is 24.3 Å². The minimum atomic E-state index is -0.247. The molecule has 0 saturated heterocycles. The number of amides is 2. The fourth-order valence-corrected chi connectivity index (χ4v) is 3.42. The van der Waals surface area contributed by atoms with E-state index in [1.165, 1.54) is 18.4 Å². The van der Waals surface area contributed by atoms with E-state index in [-0.39, 0.29) is 11.8 Å². The predicted octanol–water partition coefficient (Wildman–Crippen LogP) is 4.30. The molecular weight excluding hydrogens is 350 g/mol. The van der Waals surface area contributed by atoms with Crippen molar-refractivity contribution in [2.45, 2.75) is 19.8 Å². The van der Waals surface area contributed by atoms with Gasteiger partial charge in [-0.2, -0.15) is 0 Å². The van der Waals surface area contributed by atoms with Crippen molar-refractivity contribution in [2.75, 3.05) is 17.7 Å². The second-order valence-electron chi connectivity index (χ2n) is 5.65. The van der Waals surface area contributed by atoms with Gasteiger partial charge in [-0.15, -0.1) is 0 Å². The normalized spacial score (nSPS) is 10.5. The average molecular weight is 369 g/mol. The first kappa shape index (κ1) is 17.9. The quantitative estimate of drug-likeness (QED) is 0.679. The average Bonchev–Trinajstić information content (AvgIpc) is 3.03. The van der Waals surface area contributed by atoms with Crippen LogP contribution in [0.1, 0.15) is 30.1 Å². The maximum absolute atomic E-state index is 12.5. The standard InChI is InChI=1S/C19H19N3O3S/c1-3-6-17(23)22-19-21-14-10-9-12(11-16(14)26-19)20-18(24)13-7-4-5-8-15(13)25-2/h4-5,7-11H,3,6H2,1-2H3,(H,20,24)(H,21,22,23). The number of anilines is 2. The summed E-state index contributed by atoms with van der Waals surface area (Å²) in [4.78, 5) is 28.6. The third kappa shape index (κ3) is 4.00. The lowest BCUT2D eigenvalue weighted by Crippen LogP contribution is -2.12. The first-order chi connectivity index (χ1) is 12.6. The van der Waals surface area contributed by atoms with Gasteiger partial charge >= 0.3 is 0 Å². The molecule has 0 fully saturated rings. The molecule has 7 heteroatoms. The maximum Gasteiger partial charge on any atom is 0.259 e. The zero-order valence-electron chi connectivity index (χ0n) is 14.5. The van der Waals surface area contributed by atoms with E-state index >= 15 is 0 Å². The smallest absolute Gasteiger partial charge is 0.259 e. The number of fused-ring (bicyclic) bond motifs is 1. The number of hydrogen-bond acceptors (Lipinski definition) is 5. The molecule has 2 amide bonds. The number of nitrogens with one attached hydrogen (secondary N) is 2. The molecule has 3 aromatic rings. The summed E-state index contributed by atoms with van der Waals surface area (Å²) in [7, 11) is 1.53. The largest absolute Gasteiger partial charge is 0.496 e. The molecule has 2 N–H and O–H groups in total. The Hall–Kier alpha value is -2.93. The summed E-state index contributed by atoms with van der Waals surface area (Å²) in [6, 6.07) is 12.5. The highest BCUT2D eigenvalue weighted by Crippen LogP contribution is 2.29. The molecule has 1 aromatic heterocycles. The molecule has 134 valence electrons. The minimum Gasteiger partial charge on any atom is -0.496 e. The zero-order chi connectivity index (χ0) is 18.5. The van der Waals surface area contributed by atoms with E-state index in [0.29, 0.717) is 28.6 Å². The van der Waals surface area contributed by atoms with Crippen LogP contribution in [0.4, 0.5) is 10.8 Å². The summed E-state index contributed by atoms with van der Waals surface area (Å²) in [5, 5.41) is 6.23. The molecule has 0 saturated carbocycles. The monoisotopic (exact) mass is 369 g/mol. The Morgan fingerprint density at radius 1 is 1.15 bits per heavy atom. The van der Waals surface area contributed by atoms with Gasteiger partial charge in [0.05, 0.1) is 22.9 Å². The molecule has 0 aliphatic heterocycles. The Bertz CT molecular complexity index is 952. The van der Waals surface area contributed by atoms with Crippen LogP contribution < -0.4 is 15.4 Å². The lowest BCUT2D eigenvalue weighted by molar-refractivity contribution is -0.116. The van der Waals surface area contributed by atoms with Crippen LogP contribution >= 0.6 is 11.3 Å². The Balaban J connectivity index is 1.78. The van der Waals surface area contributed by atoms with Crippen LogP contribution in [-0.4, -0.2) is 23.9 Å². The molecule has 0 radical (unpaired) electrons. The summed E-state index contributed by atoms with van der Waals surface area (Å²) in [5.74, 6) is 0.226. The number of carbonyl (C=O) groups is 2. The summed E-state index contributed by atoms with van der Waals surface area (Å²) < 4.78 is 6.11. The van der Waals surface area contributed by atoms with Gasteiger partial charge in [-0.05, 0) is 36.8 Å². The number of carbonyl (C=O) groups excluding carboxylic acids is 2. The van der Waals surface area contributed by atoms with Crippen LogP contribution in [0.3, 0.4) is 0 Å². The van der Waals surface area contributed by atoms with Crippen molar-refractivity contribution in [2.24, 2.45) is 0 Å². The van der Waals surface area contributed by atoms with Crippen LogP contribution in [0.15, 0.2) is 42.5 Å². The molecular formula is C19H19N3O3S. The third-order valence-corrected chi connectivity index (χ3v) is 4.65. The van der Waals surface area contributed by atoms with E-state index in [2.05, 4.69) is 15.6 Å². The molecule has 3 rings (SSSR count).